The number of amides is 2. The van der Waals surface area contributed by atoms with Gasteiger partial charge < -0.3 is 10.6 Å². The van der Waals surface area contributed by atoms with Crippen LogP contribution in [0.2, 0.25) is 0 Å². The largest absolute Gasteiger partial charge is 0.391 e. The lowest BCUT2D eigenvalue weighted by molar-refractivity contribution is -0.183. The molecule has 4 atom stereocenters. The molecule has 2 unspecified atom stereocenters. The van der Waals surface area contributed by atoms with Crippen molar-refractivity contribution in [3.63, 3.8) is 0 Å². The van der Waals surface area contributed by atoms with Crippen molar-refractivity contribution in [2.75, 3.05) is 0 Å². The van der Waals surface area contributed by atoms with E-state index in [-0.39, 0.29) is 36.2 Å². The lowest BCUT2D eigenvalue weighted by Crippen LogP contribution is -2.66. The summed E-state index contributed by atoms with van der Waals surface area (Å²) in [6, 6.07) is -0.152. The number of alkyl halides is 3. The summed E-state index contributed by atoms with van der Waals surface area (Å²) in [4.78, 5) is 25.0. The zero-order valence-electron chi connectivity index (χ0n) is 15.8. The molecule has 5 rings (SSSR count). The Morgan fingerprint density at radius 3 is 2.07 bits per heavy atom. The lowest BCUT2D eigenvalue weighted by atomic mass is 9.46. The van der Waals surface area contributed by atoms with Crippen molar-refractivity contribution < 1.29 is 22.8 Å². The van der Waals surface area contributed by atoms with Crippen LogP contribution in [0.1, 0.15) is 71.1 Å². The highest BCUT2D eigenvalue weighted by atomic mass is 19.4. The second kappa shape index (κ2) is 6.38. The van der Waals surface area contributed by atoms with Gasteiger partial charge in [-0.25, -0.2) is 0 Å². The van der Waals surface area contributed by atoms with Crippen LogP contribution in [-0.4, -0.2) is 29.6 Å². The topological polar surface area (TPSA) is 58.2 Å². The molecule has 5 saturated carbocycles. The number of halogens is 3. The molecular weight excluding hydrogens is 357 g/mol. The van der Waals surface area contributed by atoms with Crippen LogP contribution < -0.4 is 10.6 Å². The molecule has 7 heteroatoms. The molecule has 0 aromatic carbocycles. The van der Waals surface area contributed by atoms with Crippen molar-refractivity contribution in [1.29, 1.82) is 0 Å². The minimum absolute atomic E-state index is 0.0155. The Balaban J connectivity index is 1.42. The zero-order valence-corrected chi connectivity index (χ0v) is 15.8. The predicted molar refractivity (Wildman–Crippen MR) is 93.6 cm³/mol. The van der Waals surface area contributed by atoms with Crippen molar-refractivity contribution in [2.45, 2.75) is 88.9 Å². The van der Waals surface area contributed by atoms with Gasteiger partial charge in [0.2, 0.25) is 11.8 Å². The molecule has 4 bridgehead atoms. The fourth-order valence-corrected chi connectivity index (χ4v) is 6.95. The van der Waals surface area contributed by atoms with Gasteiger partial charge in [0.25, 0.3) is 0 Å². The van der Waals surface area contributed by atoms with Crippen LogP contribution in [0.5, 0.6) is 0 Å². The average Bonchev–Trinajstić information content (AvgIpc) is 2.52. The summed E-state index contributed by atoms with van der Waals surface area (Å²) in [7, 11) is 0. The molecule has 152 valence electrons. The molecule has 27 heavy (non-hydrogen) atoms. The van der Waals surface area contributed by atoms with Gasteiger partial charge in [0.1, 0.15) is 0 Å². The van der Waals surface area contributed by atoms with Crippen molar-refractivity contribution in [2.24, 2.45) is 23.2 Å². The van der Waals surface area contributed by atoms with E-state index in [1.165, 1.54) is 6.92 Å². The van der Waals surface area contributed by atoms with Gasteiger partial charge in [0.15, 0.2) is 0 Å². The molecule has 5 aliphatic carbocycles. The number of hydrogen-bond acceptors (Lipinski definition) is 2. The van der Waals surface area contributed by atoms with Gasteiger partial charge in [-0.3, -0.25) is 9.59 Å². The van der Waals surface area contributed by atoms with Gasteiger partial charge >= 0.3 is 6.18 Å². The zero-order chi connectivity index (χ0) is 19.4. The molecule has 0 radical (unpaired) electrons. The van der Waals surface area contributed by atoms with Gasteiger partial charge in [0, 0.05) is 18.5 Å². The van der Waals surface area contributed by atoms with Crippen molar-refractivity contribution in [1.82, 2.24) is 10.6 Å². The van der Waals surface area contributed by atoms with E-state index in [0.29, 0.717) is 31.1 Å². The number of rotatable bonds is 3. The molecule has 4 nitrogen and oxygen atoms in total. The van der Waals surface area contributed by atoms with E-state index in [1.54, 1.807) is 0 Å². The number of nitrogens with one attached hydrogen (secondary N) is 2. The van der Waals surface area contributed by atoms with Crippen LogP contribution in [0.25, 0.3) is 0 Å². The maximum Gasteiger partial charge on any atom is 0.391 e. The third-order valence-corrected chi connectivity index (χ3v) is 7.51. The molecule has 0 aliphatic heterocycles. The monoisotopic (exact) mass is 386 g/mol. The molecule has 0 saturated heterocycles. The molecule has 0 aromatic heterocycles. The third-order valence-electron chi connectivity index (χ3n) is 7.51. The highest BCUT2D eigenvalue weighted by molar-refractivity contribution is 5.84. The molecular formula is C20H29F3N2O2. The van der Waals surface area contributed by atoms with Crippen LogP contribution >= 0.6 is 0 Å². The molecule has 0 aromatic rings. The minimum atomic E-state index is -4.13. The van der Waals surface area contributed by atoms with E-state index >= 15 is 0 Å². The standard InChI is InChI=1S/C20H29F3N2O2/c1-12(26)25-19-9-13-6-14(10-19)8-18(7-13,11-19)17(27)24-16-4-2-15(3-5-16)20(21,22)23/h13-16H,2-11H2,1H3,(H,24,27)(H,25,26)/t13-,14+,15?,16?,18?,19?. The number of carbonyl (C=O) groups is 2. The first-order chi connectivity index (χ1) is 12.6. The number of carbonyl (C=O) groups excluding carboxylic acids is 2. The predicted octanol–water partition coefficient (Wildman–Crippen LogP) is 3.70. The first-order valence-corrected chi connectivity index (χ1v) is 10.3. The van der Waals surface area contributed by atoms with Crippen LogP contribution in [0.15, 0.2) is 0 Å². The van der Waals surface area contributed by atoms with Gasteiger partial charge in [-0.2, -0.15) is 13.2 Å². The summed E-state index contributed by atoms with van der Waals surface area (Å²) >= 11 is 0. The summed E-state index contributed by atoms with van der Waals surface area (Å²) in [5.41, 5.74) is -0.714. The SMILES string of the molecule is CC(=O)NC12C[C@H]3C[C@@H](C1)CC(C(=O)NC1CCC(C(F)(F)F)CC1)(C3)C2. The van der Waals surface area contributed by atoms with Crippen molar-refractivity contribution in [3.8, 4) is 0 Å². The van der Waals surface area contributed by atoms with Crippen LogP contribution in [-0.2, 0) is 9.59 Å². The molecule has 2 N–H and O–H groups in total. The van der Waals surface area contributed by atoms with E-state index in [2.05, 4.69) is 10.6 Å². The first kappa shape index (κ1) is 19.1. The summed E-state index contributed by atoms with van der Waals surface area (Å²) in [5, 5.41) is 6.25. The van der Waals surface area contributed by atoms with Crippen molar-refractivity contribution >= 4 is 11.8 Å². The van der Waals surface area contributed by atoms with E-state index < -0.39 is 17.5 Å². The lowest BCUT2D eigenvalue weighted by Gasteiger charge is -2.61. The molecule has 5 fully saturated rings. The normalized spacial score (nSPS) is 43.4. The van der Waals surface area contributed by atoms with Gasteiger partial charge in [0.05, 0.1) is 11.3 Å². The summed E-state index contributed by atoms with van der Waals surface area (Å²) in [6.45, 7) is 1.53. The fourth-order valence-electron chi connectivity index (χ4n) is 6.95. The van der Waals surface area contributed by atoms with Crippen LogP contribution in [0, 0.1) is 23.2 Å². The van der Waals surface area contributed by atoms with E-state index in [0.717, 1.165) is 32.1 Å². The Morgan fingerprint density at radius 1 is 0.963 bits per heavy atom. The van der Waals surface area contributed by atoms with E-state index in [9.17, 15) is 22.8 Å². The van der Waals surface area contributed by atoms with Crippen molar-refractivity contribution in [3.05, 3.63) is 0 Å². The Morgan fingerprint density at radius 2 is 1.56 bits per heavy atom. The van der Waals surface area contributed by atoms with Gasteiger partial charge in [-0.15, -0.1) is 0 Å². The summed E-state index contributed by atoms with van der Waals surface area (Å²) in [6.07, 6.45) is 2.30. The molecule has 5 aliphatic rings. The van der Waals surface area contributed by atoms with E-state index in [1.807, 2.05) is 0 Å². The Labute approximate surface area is 158 Å². The smallest absolute Gasteiger partial charge is 0.353 e. The molecule has 2 amide bonds. The fraction of sp³-hybridized carbons (Fsp3) is 0.900. The minimum Gasteiger partial charge on any atom is -0.353 e. The molecule has 0 spiro atoms. The second-order valence-corrected chi connectivity index (χ2v) is 9.77. The molecule has 0 heterocycles. The number of hydrogen-bond donors (Lipinski definition) is 2. The maximum atomic E-state index is 13.2. The van der Waals surface area contributed by atoms with E-state index in [4.69, 9.17) is 0 Å². The van der Waals surface area contributed by atoms with Gasteiger partial charge in [-0.05, 0) is 76.0 Å². The summed E-state index contributed by atoms with van der Waals surface area (Å²) in [5.74, 6) is -0.331. The highest BCUT2D eigenvalue weighted by Gasteiger charge is 2.61. The Bertz CT molecular complexity index is 611. The van der Waals surface area contributed by atoms with Gasteiger partial charge in [-0.1, -0.05) is 0 Å². The average molecular weight is 386 g/mol. The Kier molecular flexibility index (Phi) is 4.50. The highest BCUT2D eigenvalue weighted by Crippen LogP contribution is 2.61. The quantitative estimate of drug-likeness (QED) is 0.777. The van der Waals surface area contributed by atoms with Crippen LogP contribution in [0.4, 0.5) is 13.2 Å². The maximum absolute atomic E-state index is 13.2. The first-order valence-electron chi connectivity index (χ1n) is 10.3. The summed E-state index contributed by atoms with van der Waals surface area (Å²) < 4.78 is 38.6. The second-order valence-electron chi connectivity index (χ2n) is 9.77. The third kappa shape index (κ3) is 3.58. The Hall–Kier alpha value is -1.27. The van der Waals surface area contributed by atoms with Crippen LogP contribution in [0.3, 0.4) is 0 Å².